The van der Waals surface area contributed by atoms with Crippen LogP contribution in [-0.2, 0) is 9.59 Å². The topological polar surface area (TPSA) is 98.9 Å². The number of rotatable bonds is 11. The first-order chi connectivity index (χ1) is 12.5. The van der Waals surface area contributed by atoms with Crippen molar-refractivity contribution in [2.75, 3.05) is 45.8 Å². The molecule has 2 unspecified atom stereocenters. The second-order valence-electron chi connectivity index (χ2n) is 7.02. The summed E-state index contributed by atoms with van der Waals surface area (Å²) in [5.74, 6) is -0.347. The lowest BCUT2D eigenvalue weighted by Gasteiger charge is -2.25. The number of aliphatic hydroxyl groups excluding tert-OH is 1. The number of hydrogen-bond acceptors (Lipinski definition) is 6. The number of allylic oxidation sites excluding steroid dienone is 2. The van der Waals surface area contributed by atoms with Gasteiger partial charge < -0.3 is 16.2 Å². The first-order valence-electron chi connectivity index (χ1n) is 9.55. The quantitative estimate of drug-likeness (QED) is 0.349. The molecule has 1 aliphatic heterocycles. The fourth-order valence-corrected chi connectivity index (χ4v) is 3.32. The molecule has 2 aliphatic rings. The van der Waals surface area contributed by atoms with E-state index in [1.165, 1.54) is 4.90 Å². The molecule has 0 saturated carbocycles. The van der Waals surface area contributed by atoms with Gasteiger partial charge in [-0.3, -0.25) is 19.4 Å². The monoisotopic (exact) mass is 364 g/mol. The molecule has 7 heteroatoms. The molecule has 0 bridgehead atoms. The normalized spacial score (nSPS) is 21.6. The van der Waals surface area contributed by atoms with Crippen LogP contribution in [0.4, 0.5) is 0 Å². The van der Waals surface area contributed by atoms with Crippen molar-refractivity contribution in [2.24, 2.45) is 11.7 Å². The fraction of sp³-hybridized carbons (Fsp3) is 0.684. The molecule has 0 aromatic rings. The van der Waals surface area contributed by atoms with E-state index in [9.17, 15) is 14.7 Å². The Morgan fingerprint density at radius 1 is 1.35 bits per heavy atom. The van der Waals surface area contributed by atoms with Crippen molar-refractivity contribution in [3.8, 4) is 0 Å². The van der Waals surface area contributed by atoms with Gasteiger partial charge in [-0.2, -0.15) is 0 Å². The van der Waals surface area contributed by atoms with Gasteiger partial charge in [0.2, 0.25) is 11.8 Å². The van der Waals surface area contributed by atoms with Crippen molar-refractivity contribution in [3.63, 3.8) is 0 Å². The zero-order chi connectivity index (χ0) is 18.9. The highest BCUT2D eigenvalue weighted by atomic mass is 16.3. The summed E-state index contributed by atoms with van der Waals surface area (Å²) in [4.78, 5) is 27.4. The van der Waals surface area contributed by atoms with Crippen LogP contribution in [0.5, 0.6) is 0 Å². The zero-order valence-corrected chi connectivity index (χ0v) is 15.7. The summed E-state index contributed by atoms with van der Waals surface area (Å²) >= 11 is 0. The summed E-state index contributed by atoms with van der Waals surface area (Å²) in [7, 11) is 0. The van der Waals surface area contributed by atoms with Crippen LogP contribution in [0.3, 0.4) is 0 Å². The van der Waals surface area contributed by atoms with Gasteiger partial charge in [-0.15, -0.1) is 0 Å². The standard InChI is InChI=1S/C19H32N4O3/c1-15-13-18(25)23(19(15)26)12-11-22(9-7-20)10-8-21-14-17(24)16-5-3-2-4-6-16/h3,5-6,15,17,21,24H,2,4,7-14,20H2,1H3. The maximum atomic E-state index is 12.0. The van der Waals surface area contributed by atoms with E-state index in [0.29, 0.717) is 45.7 Å². The Morgan fingerprint density at radius 2 is 2.15 bits per heavy atom. The van der Waals surface area contributed by atoms with Crippen LogP contribution in [0, 0.1) is 5.92 Å². The van der Waals surface area contributed by atoms with Crippen LogP contribution < -0.4 is 11.1 Å². The SMILES string of the molecule is CC1CC(=O)N(CCN(CCN)CCNCC(O)C2=CCCC=C2)C1=O. The van der Waals surface area contributed by atoms with E-state index in [1.54, 1.807) is 6.92 Å². The summed E-state index contributed by atoms with van der Waals surface area (Å²) in [5, 5.41) is 13.4. The highest BCUT2D eigenvalue weighted by Gasteiger charge is 2.35. The van der Waals surface area contributed by atoms with Gasteiger partial charge in [0, 0.05) is 58.2 Å². The zero-order valence-electron chi connectivity index (χ0n) is 15.7. The van der Waals surface area contributed by atoms with Crippen LogP contribution in [0.25, 0.3) is 0 Å². The third-order valence-corrected chi connectivity index (χ3v) is 4.91. The van der Waals surface area contributed by atoms with E-state index in [0.717, 1.165) is 25.0 Å². The minimum atomic E-state index is -0.490. The van der Waals surface area contributed by atoms with E-state index in [1.807, 2.05) is 6.08 Å². The van der Waals surface area contributed by atoms with E-state index in [-0.39, 0.29) is 17.7 Å². The Labute approximate surface area is 155 Å². The predicted molar refractivity (Wildman–Crippen MR) is 101 cm³/mol. The van der Waals surface area contributed by atoms with Gasteiger partial charge in [0.15, 0.2) is 0 Å². The van der Waals surface area contributed by atoms with E-state index >= 15 is 0 Å². The average Bonchev–Trinajstić information content (AvgIpc) is 2.89. The second-order valence-corrected chi connectivity index (χ2v) is 7.02. The van der Waals surface area contributed by atoms with Gasteiger partial charge in [0.05, 0.1) is 6.10 Å². The number of aliphatic hydroxyl groups is 1. The Kier molecular flexibility index (Phi) is 8.44. The van der Waals surface area contributed by atoms with Crippen LogP contribution >= 0.6 is 0 Å². The van der Waals surface area contributed by atoms with Crippen molar-refractivity contribution in [1.82, 2.24) is 15.1 Å². The minimum absolute atomic E-state index is 0.0715. The summed E-state index contributed by atoms with van der Waals surface area (Å²) < 4.78 is 0. The highest BCUT2D eigenvalue weighted by molar-refractivity contribution is 6.03. The first kappa shape index (κ1) is 20.8. The number of likely N-dealkylation sites (tertiary alicyclic amines) is 1. The molecule has 2 atom stereocenters. The van der Waals surface area contributed by atoms with Crippen molar-refractivity contribution < 1.29 is 14.7 Å². The minimum Gasteiger partial charge on any atom is -0.387 e. The molecule has 4 N–H and O–H groups in total. The molecule has 26 heavy (non-hydrogen) atoms. The number of nitrogens with zero attached hydrogens (tertiary/aromatic N) is 2. The van der Waals surface area contributed by atoms with Crippen molar-refractivity contribution in [3.05, 3.63) is 23.8 Å². The summed E-state index contributed by atoms with van der Waals surface area (Å²) in [6.07, 6.45) is 8.01. The number of amides is 2. The Balaban J connectivity index is 1.69. The molecule has 1 aliphatic carbocycles. The Bertz CT molecular complexity index is 547. The maximum Gasteiger partial charge on any atom is 0.232 e. The summed E-state index contributed by atoms with van der Waals surface area (Å²) in [5.41, 5.74) is 6.65. The second kappa shape index (κ2) is 10.6. The van der Waals surface area contributed by atoms with Crippen molar-refractivity contribution >= 4 is 11.8 Å². The highest BCUT2D eigenvalue weighted by Crippen LogP contribution is 2.18. The first-order valence-corrected chi connectivity index (χ1v) is 9.55. The van der Waals surface area contributed by atoms with Gasteiger partial charge in [0.25, 0.3) is 0 Å². The molecule has 2 rings (SSSR count). The number of nitrogens with two attached hydrogens (primary N) is 1. The van der Waals surface area contributed by atoms with Crippen molar-refractivity contribution in [1.29, 1.82) is 0 Å². The number of carbonyl (C=O) groups is 2. The summed E-state index contributed by atoms with van der Waals surface area (Å²) in [6.45, 7) is 6.05. The molecule has 0 spiro atoms. The van der Waals surface area contributed by atoms with Gasteiger partial charge >= 0.3 is 0 Å². The largest absolute Gasteiger partial charge is 0.387 e. The smallest absolute Gasteiger partial charge is 0.232 e. The molecule has 7 nitrogen and oxygen atoms in total. The molecular weight excluding hydrogens is 332 g/mol. The molecule has 2 amide bonds. The van der Waals surface area contributed by atoms with Crippen molar-refractivity contribution in [2.45, 2.75) is 32.3 Å². The number of nitrogens with one attached hydrogen (secondary N) is 1. The molecule has 146 valence electrons. The number of hydrogen-bond donors (Lipinski definition) is 3. The van der Waals surface area contributed by atoms with Gasteiger partial charge in [0.1, 0.15) is 0 Å². The lowest BCUT2D eigenvalue weighted by atomic mass is 10.0. The Morgan fingerprint density at radius 3 is 2.77 bits per heavy atom. The predicted octanol–water partition coefficient (Wildman–Crippen LogP) is -0.131. The average molecular weight is 364 g/mol. The molecular formula is C19H32N4O3. The van der Waals surface area contributed by atoms with Crippen LogP contribution in [-0.4, -0.2) is 78.6 Å². The maximum absolute atomic E-state index is 12.0. The van der Waals surface area contributed by atoms with E-state index in [2.05, 4.69) is 22.4 Å². The third-order valence-electron chi connectivity index (χ3n) is 4.91. The lowest BCUT2D eigenvalue weighted by molar-refractivity contribution is -0.139. The van der Waals surface area contributed by atoms with E-state index < -0.39 is 6.10 Å². The number of imide groups is 1. The third kappa shape index (κ3) is 6.02. The van der Waals surface area contributed by atoms with Crippen LogP contribution in [0.15, 0.2) is 23.8 Å². The molecule has 1 fully saturated rings. The molecule has 1 saturated heterocycles. The molecule has 0 aromatic carbocycles. The van der Waals surface area contributed by atoms with Gasteiger partial charge in [-0.1, -0.05) is 25.2 Å². The Hall–Kier alpha value is -1.54. The van der Waals surface area contributed by atoms with Crippen LogP contribution in [0.1, 0.15) is 26.2 Å². The summed E-state index contributed by atoms with van der Waals surface area (Å²) in [6, 6.07) is 0. The molecule has 0 aromatic heterocycles. The molecule has 0 radical (unpaired) electrons. The van der Waals surface area contributed by atoms with Gasteiger partial charge in [-0.05, 0) is 18.4 Å². The van der Waals surface area contributed by atoms with E-state index in [4.69, 9.17) is 5.73 Å². The fourth-order valence-electron chi connectivity index (χ4n) is 3.32. The van der Waals surface area contributed by atoms with Gasteiger partial charge in [-0.25, -0.2) is 0 Å². The van der Waals surface area contributed by atoms with Crippen LogP contribution in [0.2, 0.25) is 0 Å². The lowest BCUT2D eigenvalue weighted by Crippen LogP contribution is -2.43. The molecule has 1 heterocycles. The number of carbonyl (C=O) groups excluding carboxylic acids is 2.